The number of hydrogen-bond acceptors (Lipinski definition) is 5. The first-order chi connectivity index (χ1) is 8.58. The first kappa shape index (κ1) is 15.6. The van der Waals surface area contributed by atoms with E-state index in [9.17, 15) is 15.0 Å². The first-order valence-corrected chi connectivity index (χ1v) is 5.91. The molecule has 0 radical (unpaired) electrons. The van der Waals surface area contributed by atoms with Crippen LogP contribution in [0.3, 0.4) is 0 Å². The zero-order valence-electron chi connectivity index (χ0n) is 11.9. The zero-order valence-corrected chi connectivity index (χ0v) is 11.9. The minimum absolute atomic E-state index is 0.107. The molecule has 98 valence electrons. The van der Waals surface area contributed by atoms with Crippen LogP contribution in [0, 0.1) is 0 Å². The Hall–Kier alpha value is -1.49. The van der Waals surface area contributed by atoms with Crippen molar-refractivity contribution in [3.63, 3.8) is 0 Å². The number of hydrogen-bond donors (Lipinski definition) is 2. The Balaban J connectivity index is 3.11. The summed E-state index contributed by atoms with van der Waals surface area (Å²) in [5.74, 6) is -0.508. The molecule has 0 aliphatic rings. The van der Waals surface area contributed by atoms with Crippen LogP contribution in [0.15, 0.2) is 18.2 Å². The van der Waals surface area contributed by atoms with Crippen molar-refractivity contribution in [1.82, 2.24) is 0 Å². The molecule has 0 bridgehead atoms. The number of rotatable bonds is 4. The molecule has 0 atom stereocenters. The van der Waals surface area contributed by atoms with Crippen LogP contribution >= 0.6 is 0 Å². The Kier molecular flexibility index (Phi) is 4.30. The lowest BCUT2D eigenvalue weighted by Crippen LogP contribution is -2.60. The van der Waals surface area contributed by atoms with Gasteiger partial charge in [0.1, 0.15) is 31.4 Å². The third-order valence-corrected chi connectivity index (χ3v) is 3.22. The summed E-state index contributed by atoms with van der Waals surface area (Å²) in [6.07, 6.45) is 0. The van der Waals surface area contributed by atoms with Crippen molar-refractivity contribution in [3.05, 3.63) is 23.8 Å². The van der Waals surface area contributed by atoms with Crippen LogP contribution in [0.1, 0.15) is 10.4 Å². The molecule has 0 amide bonds. The van der Waals surface area contributed by atoms with Crippen LogP contribution < -0.4 is 4.74 Å². The highest BCUT2D eigenvalue weighted by Gasteiger charge is 2.37. The van der Waals surface area contributed by atoms with Gasteiger partial charge in [-0.25, -0.2) is 4.79 Å². The van der Waals surface area contributed by atoms with Crippen molar-refractivity contribution >= 4 is 37.4 Å². The summed E-state index contributed by atoms with van der Waals surface area (Å²) in [4.78, 5) is 11.4. The molecule has 0 spiro atoms. The summed E-state index contributed by atoms with van der Waals surface area (Å²) in [6, 6.07) is 4.17. The van der Waals surface area contributed by atoms with E-state index in [4.69, 9.17) is 4.74 Å². The van der Waals surface area contributed by atoms with E-state index in [0.29, 0.717) is 0 Å². The van der Waals surface area contributed by atoms with Gasteiger partial charge in [-0.05, 0) is 18.2 Å². The van der Waals surface area contributed by atoms with Gasteiger partial charge in [0.25, 0.3) is 0 Å². The average molecular weight is 259 g/mol. The molecule has 0 heterocycles. The van der Waals surface area contributed by atoms with E-state index >= 15 is 0 Å². The van der Waals surface area contributed by atoms with Gasteiger partial charge in [0.2, 0.25) is 0 Å². The lowest BCUT2D eigenvalue weighted by molar-refractivity contribution is 0.0598. The van der Waals surface area contributed by atoms with Crippen molar-refractivity contribution in [2.24, 2.45) is 0 Å². The Morgan fingerprint density at radius 3 is 2.32 bits per heavy atom. The average Bonchev–Trinajstić information content (AvgIpc) is 2.29. The van der Waals surface area contributed by atoms with Crippen LogP contribution in [0.25, 0.3) is 0 Å². The highest BCUT2D eigenvalue weighted by Crippen LogP contribution is 2.31. The van der Waals surface area contributed by atoms with Gasteiger partial charge in [-0.1, -0.05) is 0 Å². The summed E-state index contributed by atoms with van der Waals surface area (Å²) < 4.78 is 10.2. The topological polar surface area (TPSA) is 76.0 Å². The molecule has 19 heavy (non-hydrogen) atoms. The van der Waals surface area contributed by atoms with Crippen molar-refractivity contribution < 1.29 is 24.5 Å². The largest absolute Gasteiger partial charge is 0.504 e. The van der Waals surface area contributed by atoms with Crippen LogP contribution in [0.5, 0.6) is 11.5 Å². The number of benzene rings is 1. The molecule has 0 saturated carbocycles. The third kappa shape index (κ3) is 3.50. The number of methoxy groups -OCH3 is 1. The Bertz CT molecular complexity index is 483. The summed E-state index contributed by atoms with van der Waals surface area (Å²) >= 11 is 0. The van der Waals surface area contributed by atoms with E-state index in [1.165, 1.54) is 25.3 Å². The Morgan fingerprint density at radius 1 is 1.26 bits per heavy atom. The number of aromatic hydroxyl groups is 1. The van der Waals surface area contributed by atoms with Crippen LogP contribution in [-0.4, -0.2) is 65.5 Å². The molecule has 0 saturated heterocycles. The molecule has 2 N–H and O–H groups in total. The summed E-state index contributed by atoms with van der Waals surface area (Å²) in [5, 5.41) is 17.7. The Labute approximate surface area is 115 Å². The number of phenols is 1. The maximum Gasteiger partial charge on any atom is 0.337 e. The first-order valence-electron chi connectivity index (χ1n) is 5.91. The van der Waals surface area contributed by atoms with Crippen LogP contribution in [0.2, 0.25) is 0 Å². The monoisotopic (exact) mass is 260 g/mol. The van der Waals surface area contributed by atoms with E-state index in [1.54, 1.807) is 31.4 Å². The molecule has 0 aliphatic heterocycles. The van der Waals surface area contributed by atoms with Gasteiger partial charge in [0, 0.05) is 5.40 Å². The molecular formula is C10H16B4O5. The number of carbonyl (C=O) groups excluding carboxylic acids is 1. The molecule has 1 aromatic rings. The summed E-state index contributed by atoms with van der Waals surface area (Å²) in [6.45, 7) is 0. The quantitative estimate of drug-likeness (QED) is 0.431. The minimum atomic E-state index is -1.12. The fourth-order valence-electron chi connectivity index (χ4n) is 1.24. The number of phenolic OH excluding ortho intramolecular Hbond substituents is 1. The second kappa shape index (κ2) is 5.25. The molecular weight excluding hydrogens is 243 g/mol. The maximum absolute atomic E-state index is 11.4. The van der Waals surface area contributed by atoms with E-state index in [2.05, 4.69) is 4.74 Å². The van der Waals surface area contributed by atoms with Crippen molar-refractivity contribution in [3.8, 4) is 11.5 Å². The molecule has 9 heteroatoms. The minimum Gasteiger partial charge on any atom is -0.504 e. The highest BCUT2D eigenvalue weighted by atomic mass is 16.5. The van der Waals surface area contributed by atoms with E-state index in [0.717, 1.165) is 0 Å². The van der Waals surface area contributed by atoms with Gasteiger partial charge in [-0.15, -0.1) is 0 Å². The molecule has 0 fully saturated rings. The van der Waals surface area contributed by atoms with Gasteiger partial charge in [0.15, 0.2) is 11.5 Å². The third-order valence-electron chi connectivity index (χ3n) is 3.22. The lowest BCUT2D eigenvalue weighted by atomic mass is 9.42. The standard InChI is InChI=1S/C10H16B4O5/c1-18-8(16)5-2-3-6(15)7(4-5)19-10(13,14)9(11,12)17/h2-4,15,17H,11-14H2,1H3. The second-order valence-electron chi connectivity index (χ2n) is 5.35. The smallest absolute Gasteiger partial charge is 0.337 e. The zero-order chi connectivity index (χ0) is 14.8. The predicted molar refractivity (Wildman–Crippen MR) is 81.9 cm³/mol. The van der Waals surface area contributed by atoms with Gasteiger partial charge in [-0.3, -0.25) is 0 Å². The number of aliphatic hydroxyl groups is 1. The lowest BCUT2D eigenvalue weighted by Gasteiger charge is -2.39. The molecule has 0 aromatic heterocycles. The van der Waals surface area contributed by atoms with Crippen molar-refractivity contribution in [2.45, 2.75) is 10.8 Å². The summed E-state index contributed by atoms with van der Waals surface area (Å²) in [5.41, 5.74) is 0.266. The molecule has 0 unspecified atom stereocenters. The summed E-state index contributed by atoms with van der Waals surface area (Å²) in [7, 11) is 7.87. The second-order valence-corrected chi connectivity index (χ2v) is 5.35. The van der Waals surface area contributed by atoms with Crippen molar-refractivity contribution in [1.29, 1.82) is 0 Å². The SMILES string of the molecule is BC(B)(O)C(B)(B)Oc1cc(C(=O)OC)ccc1O. The number of carbonyl (C=O) groups is 1. The van der Waals surface area contributed by atoms with E-state index in [-0.39, 0.29) is 17.1 Å². The highest BCUT2D eigenvalue weighted by molar-refractivity contribution is 6.53. The Morgan fingerprint density at radius 2 is 1.84 bits per heavy atom. The molecule has 1 rings (SSSR count). The van der Waals surface area contributed by atoms with Crippen LogP contribution in [0.4, 0.5) is 0 Å². The van der Waals surface area contributed by atoms with Crippen molar-refractivity contribution in [2.75, 3.05) is 7.11 Å². The molecule has 5 nitrogen and oxygen atoms in total. The fraction of sp³-hybridized carbons (Fsp3) is 0.300. The van der Waals surface area contributed by atoms with Gasteiger partial charge in [0.05, 0.1) is 18.1 Å². The van der Waals surface area contributed by atoms with Gasteiger partial charge < -0.3 is 19.7 Å². The molecule has 0 aliphatic carbocycles. The maximum atomic E-state index is 11.4. The van der Waals surface area contributed by atoms with E-state index < -0.39 is 16.8 Å². The number of esters is 1. The number of ether oxygens (including phenoxy) is 2. The van der Waals surface area contributed by atoms with Crippen LogP contribution in [-0.2, 0) is 4.74 Å². The van der Waals surface area contributed by atoms with E-state index in [1.807, 2.05) is 0 Å². The van der Waals surface area contributed by atoms with Gasteiger partial charge in [-0.2, -0.15) is 0 Å². The normalized spacial score (nSPS) is 11.9. The molecule has 1 aromatic carbocycles. The fourth-order valence-corrected chi connectivity index (χ4v) is 1.24. The predicted octanol–water partition coefficient (Wildman–Crippen LogP) is -3.61. The van der Waals surface area contributed by atoms with Gasteiger partial charge >= 0.3 is 5.97 Å².